The molecule has 0 N–H and O–H groups in total. The molecule has 0 spiro atoms. The molecule has 0 atom stereocenters. The monoisotopic (exact) mass is 322 g/mol. The zero-order valence-corrected chi connectivity index (χ0v) is 9.71. The molecule has 0 amide bonds. The van der Waals surface area contributed by atoms with Gasteiger partial charge in [0.2, 0.25) is 0 Å². The molecule has 0 aliphatic rings. The summed E-state index contributed by atoms with van der Waals surface area (Å²) in [5.74, 6) is 0. The largest absolute Gasteiger partial charge is 2.00 e. The predicted molar refractivity (Wildman–Crippen MR) is 26.7 cm³/mol. The third-order valence-electron chi connectivity index (χ3n) is 0. The van der Waals surface area contributed by atoms with Gasteiger partial charge in [0.15, 0.2) is 0 Å². The number of rotatable bonds is 0. The molecule has 0 rings (SSSR count). The van der Waals surface area contributed by atoms with Gasteiger partial charge in [-0.15, -0.1) is 0 Å². The van der Waals surface area contributed by atoms with Crippen molar-refractivity contribution in [2.24, 2.45) is 0 Å². The molecule has 0 aromatic rings. The van der Waals surface area contributed by atoms with Crippen LogP contribution >= 0.6 is 0 Å². The van der Waals surface area contributed by atoms with E-state index in [9.17, 15) is 0 Å². The van der Waals surface area contributed by atoms with Gasteiger partial charge in [-0.05, 0) is 0 Å². The molecule has 0 saturated carbocycles. The van der Waals surface area contributed by atoms with E-state index in [0.717, 1.165) is 0 Å². The van der Waals surface area contributed by atoms with E-state index in [2.05, 4.69) is 0 Å². The normalized spacial score (nSPS) is 9.67. The Morgan fingerprint density at radius 1 is 0.667 bits per heavy atom. The van der Waals surface area contributed by atoms with Gasteiger partial charge in [0.25, 0.3) is 0 Å². The maximum absolute atomic E-state index is 8.52. The first-order valence-electron chi connectivity index (χ1n) is 1.33. The van der Waals surface area contributed by atoms with Crippen LogP contribution < -0.4 is 0 Å². The zero-order chi connectivity index (χ0) is 9.00. The molecule has 0 fully saturated rings. The van der Waals surface area contributed by atoms with Crippen molar-refractivity contribution < 1.29 is 55.5 Å². The van der Waals surface area contributed by atoms with Gasteiger partial charge in [0.1, 0.15) is 0 Å². The van der Waals surface area contributed by atoms with Crippen molar-refractivity contribution in [2.45, 2.75) is 0 Å². The van der Waals surface area contributed by atoms with Gasteiger partial charge in [0.05, 0.1) is 0 Å². The van der Waals surface area contributed by atoms with E-state index >= 15 is 0 Å². The predicted octanol–water partition coefficient (Wildman–Crippen LogP) is -3.06. The van der Waals surface area contributed by atoms with Crippen molar-refractivity contribution in [1.82, 2.24) is 0 Å². The summed E-state index contributed by atoms with van der Waals surface area (Å²) in [4.78, 5) is 0. The Labute approximate surface area is 98.7 Å². The molecule has 0 heterocycles. The van der Waals surface area contributed by atoms with Crippen molar-refractivity contribution in [3.8, 4) is 0 Å². The first-order chi connectivity index (χ1) is 4.00. The Bertz CT molecular complexity index is 213. The molecular formula is MgO8PdS2. The van der Waals surface area contributed by atoms with E-state index in [4.69, 9.17) is 35.0 Å². The average Bonchev–Trinajstić information content (AvgIpc) is 1.12. The second-order valence-corrected chi connectivity index (χ2v) is 2.45. The Hall–Kier alpha value is 1.17. The summed E-state index contributed by atoms with van der Waals surface area (Å²) in [6, 6.07) is 0. The fraction of sp³-hybridized carbons (Fsp3) is 0. The summed E-state index contributed by atoms with van der Waals surface area (Å²) >= 11 is 0. The van der Waals surface area contributed by atoms with Crippen LogP contribution in [0.25, 0.3) is 0 Å². The Kier molecular flexibility index (Phi) is 16.9. The second kappa shape index (κ2) is 8.75. The summed E-state index contributed by atoms with van der Waals surface area (Å²) in [6.45, 7) is 0. The molecule has 0 aromatic carbocycles. The van der Waals surface area contributed by atoms with Crippen LogP contribution in [0.2, 0.25) is 0 Å². The Balaban J connectivity index is -0.0000000457. The Morgan fingerprint density at radius 3 is 0.667 bits per heavy atom. The second-order valence-electron chi connectivity index (χ2n) is 0.816. The number of hydrogen-bond acceptors (Lipinski definition) is 8. The molecule has 0 saturated heterocycles. The fourth-order valence-corrected chi connectivity index (χ4v) is 0. The summed E-state index contributed by atoms with van der Waals surface area (Å²) in [7, 11) is -10.3. The quantitative estimate of drug-likeness (QED) is 0.258. The molecule has 0 aliphatic carbocycles. The van der Waals surface area contributed by atoms with Crippen LogP contribution in [0.3, 0.4) is 0 Å². The Morgan fingerprint density at radius 2 is 0.667 bits per heavy atom. The summed E-state index contributed by atoms with van der Waals surface area (Å²) in [6.07, 6.45) is 0. The van der Waals surface area contributed by atoms with Gasteiger partial charge in [-0.1, -0.05) is 0 Å². The summed E-state index contributed by atoms with van der Waals surface area (Å²) < 4.78 is 68.2. The van der Waals surface area contributed by atoms with Gasteiger partial charge in [-0.25, -0.2) is 0 Å². The molecule has 0 bridgehead atoms. The maximum atomic E-state index is 8.52. The van der Waals surface area contributed by atoms with Gasteiger partial charge in [-0.2, -0.15) is 0 Å². The standard InChI is InChI=1S/Mg.2H2O4S.Pd/c;2*1-5(2,3)4;/h;2*(H2,1,2,3,4);/q+2;;;+2/p-4. The molecule has 12 heteroatoms. The SMILES string of the molecule is O=S(=O)([O-])[O-].O=S(=O)([O-])[O-].[Mg+2].[Pd+2]. The first kappa shape index (κ1) is 23.2. The van der Waals surface area contributed by atoms with Gasteiger partial charge in [0, 0.05) is 20.8 Å². The van der Waals surface area contributed by atoms with Crippen molar-refractivity contribution in [3.05, 3.63) is 0 Å². The van der Waals surface area contributed by atoms with Crippen molar-refractivity contribution >= 4 is 43.9 Å². The van der Waals surface area contributed by atoms with Crippen LogP contribution in [0.4, 0.5) is 0 Å². The third kappa shape index (κ3) is 846. The van der Waals surface area contributed by atoms with Crippen molar-refractivity contribution in [3.63, 3.8) is 0 Å². The van der Waals surface area contributed by atoms with Crippen LogP contribution in [-0.4, -0.2) is 58.1 Å². The van der Waals surface area contributed by atoms with E-state index < -0.39 is 20.8 Å². The smallest absolute Gasteiger partial charge is 0.759 e. The van der Waals surface area contributed by atoms with Crippen LogP contribution in [0.15, 0.2) is 0 Å². The molecule has 0 aliphatic heterocycles. The summed E-state index contributed by atoms with van der Waals surface area (Å²) in [5, 5.41) is 0. The summed E-state index contributed by atoms with van der Waals surface area (Å²) in [5.41, 5.74) is 0. The number of hydrogen-bond donors (Lipinski definition) is 0. The van der Waals surface area contributed by atoms with E-state index in [1.807, 2.05) is 0 Å². The van der Waals surface area contributed by atoms with Crippen LogP contribution in [0.5, 0.6) is 0 Å². The van der Waals surface area contributed by atoms with Crippen LogP contribution in [0, 0.1) is 0 Å². The van der Waals surface area contributed by atoms with Crippen LogP contribution in [0.1, 0.15) is 0 Å². The van der Waals surface area contributed by atoms with Crippen molar-refractivity contribution in [2.75, 3.05) is 0 Å². The molecule has 0 aromatic heterocycles. The molecule has 0 unspecified atom stereocenters. The molecule has 0 radical (unpaired) electrons. The van der Waals surface area contributed by atoms with Gasteiger partial charge in [-0.3, -0.25) is 16.8 Å². The minimum atomic E-state index is -5.17. The van der Waals surface area contributed by atoms with E-state index in [0.29, 0.717) is 0 Å². The van der Waals surface area contributed by atoms with Gasteiger partial charge >= 0.3 is 43.5 Å². The minimum absolute atomic E-state index is 0. The molecule has 8 nitrogen and oxygen atoms in total. The average molecular weight is 323 g/mol. The van der Waals surface area contributed by atoms with Gasteiger partial charge < -0.3 is 18.2 Å². The maximum Gasteiger partial charge on any atom is 2.00 e. The topological polar surface area (TPSA) is 161 Å². The molecule has 12 heavy (non-hydrogen) atoms. The minimum Gasteiger partial charge on any atom is -0.759 e. The first-order valence-corrected chi connectivity index (χ1v) is 4.00. The van der Waals surface area contributed by atoms with E-state index in [1.54, 1.807) is 0 Å². The zero-order valence-electron chi connectivity index (χ0n) is 5.11. The van der Waals surface area contributed by atoms with E-state index in [-0.39, 0.29) is 43.5 Å². The van der Waals surface area contributed by atoms with Crippen molar-refractivity contribution in [1.29, 1.82) is 0 Å². The fourth-order valence-electron chi connectivity index (χ4n) is 0. The third-order valence-corrected chi connectivity index (χ3v) is 0. The van der Waals surface area contributed by atoms with Crippen LogP contribution in [-0.2, 0) is 41.2 Å². The molecular weight excluding hydrogens is 323 g/mol. The molecule has 72 valence electrons. The van der Waals surface area contributed by atoms with E-state index in [1.165, 1.54) is 0 Å².